The van der Waals surface area contributed by atoms with Gasteiger partial charge in [-0.2, -0.15) is 0 Å². The van der Waals surface area contributed by atoms with Crippen LogP contribution in [0.3, 0.4) is 0 Å². The molecule has 0 spiro atoms. The van der Waals surface area contributed by atoms with E-state index in [2.05, 4.69) is 39.2 Å². The number of likely N-dealkylation sites (tertiary alicyclic amines) is 1. The van der Waals surface area contributed by atoms with Gasteiger partial charge in [-0.15, -0.1) is 0 Å². The first-order chi connectivity index (χ1) is 13.2. The average Bonchev–Trinajstić information content (AvgIpc) is 3.20. The first-order valence-corrected chi connectivity index (χ1v) is 10.2. The third-order valence-electron chi connectivity index (χ3n) is 5.29. The Labute approximate surface area is 162 Å². The fourth-order valence-corrected chi connectivity index (χ4v) is 3.94. The predicted molar refractivity (Wildman–Crippen MR) is 109 cm³/mol. The van der Waals surface area contributed by atoms with Crippen molar-refractivity contribution in [1.29, 1.82) is 0 Å². The topological polar surface area (TPSA) is 86.8 Å². The highest BCUT2D eigenvalue weighted by Crippen LogP contribution is 2.20. The van der Waals surface area contributed by atoms with E-state index in [0.29, 0.717) is 18.9 Å². The molecule has 1 aromatic rings. The maximum absolute atomic E-state index is 11.3. The number of carbonyl (C=O) groups excluding carboxylic acids is 1. The standard InChI is InChI=1S/C20H32N6O/c1-2-22-20(26-11-5-6-16(15-26)12-18(21)27)24-14-17-7-8-19(23-13-17)25-9-3-4-10-25/h7-8,13,16H,2-6,9-12,14-15H2,1H3,(H2,21,27)(H,22,24). The number of aromatic nitrogens is 1. The number of piperidine rings is 1. The number of anilines is 1. The number of nitrogens with one attached hydrogen (secondary N) is 1. The van der Waals surface area contributed by atoms with Crippen LogP contribution >= 0.6 is 0 Å². The number of hydrogen-bond donors (Lipinski definition) is 2. The number of nitrogens with zero attached hydrogens (tertiary/aromatic N) is 4. The summed E-state index contributed by atoms with van der Waals surface area (Å²) in [4.78, 5) is 25.3. The molecule has 2 fully saturated rings. The van der Waals surface area contributed by atoms with Gasteiger partial charge in [0.2, 0.25) is 5.91 Å². The summed E-state index contributed by atoms with van der Waals surface area (Å²) in [5.41, 5.74) is 6.49. The van der Waals surface area contributed by atoms with Gasteiger partial charge in [0, 0.05) is 45.3 Å². The van der Waals surface area contributed by atoms with Crippen LogP contribution in [0.15, 0.2) is 23.3 Å². The SMILES string of the molecule is CCNC(=NCc1ccc(N2CCCC2)nc1)N1CCCC(CC(N)=O)C1. The molecule has 3 rings (SSSR count). The van der Waals surface area contributed by atoms with Gasteiger partial charge < -0.3 is 20.9 Å². The van der Waals surface area contributed by atoms with Crippen molar-refractivity contribution in [3.63, 3.8) is 0 Å². The molecule has 0 aromatic carbocycles. The Hall–Kier alpha value is -2.31. The second kappa shape index (κ2) is 9.58. The van der Waals surface area contributed by atoms with Crippen molar-refractivity contribution in [2.75, 3.05) is 37.6 Å². The molecule has 0 saturated carbocycles. The van der Waals surface area contributed by atoms with Crippen LogP contribution in [0.5, 0.6) is 0 Å². The minimum Gasteiger partial charge on any atom is -0.370 e. The Morgan fingerprint density at radius 2 is 2.11 bits per heavy atom. The first-order valence-electron chi connectivity index (χ1n) is 10.2. The van der Waals surface area contributed by atoms with E-state index in [1.165, 1.54) is 12.8 Å². The molecule has 7 nitrogen and oxygen atoms in total. The highest BCUT2D eigenvalue weighted by molar-refractivity contribution is 5.80. The van der Waals surface area contributed by atoms with Crippen LogP contribution in [0, 0.1) is 5.92 Å². The second-order valence-electron chi connectivity index (χ2n) is 7.51. The molecule has 0 bridgehead atoms. The van der Waals surface area contributed by atoms with Gasteiger partial charge in [0.25, 0.3) is 0 Å². The molecule has 27 heavy (non-hydrogen) atoms. The molecular formula is C20H32N6O. The summed E-state index contributed by atoms with van der Waals surface area (Å²) in [6.07, 6.45) is 7.03. The normalized spacial score (nSPS) is 20.8. The number of carbonyl (C=O) groups is 1. The van der Waals surface area contributed by atoms with Crippen LogP contribution in [0.1, 0.15) is 44.6 Å². The van der Waals surface area contributed by atoms with Crippen molar-refractivity contribution in [1.82, 2.24) is 15.2 Å². The number of primary amides is 1. The number of nitrogens with two attached hydrogens (primary N) is 1. The van der Waals surface area contributed by atoms with Gasteiger partial charge in [-0.25, -0.2) is 9.98 Å². The van der Waals surface area contributed by atoms with Crippen molar-refractivity contribution < 1.29 is 4.79 Å². The Morgan fingerprint density at radius 1 is 1.30 bits per heavy atom. The lowest BCUT2D eigenvalue weighted by Gasteiger charge is -2.34. The van der Waals surface area contributed by atoms with E-state index >= 15 is 0 Å². The van der Waals surface area contributed by atoms with E-state index in [4.69, 9.17) is 10.7 Å². The van der Waals surface area contributed by atoms with E-state index in [9.17, 15) is 4.79 Å². The van der Waals surface area contributed by atoms with Crippen LogP contribution < -0.4 is 16.0 Å². The van der Waals surface area contributed by atoms with Crippen LogP contribution in [0.4, 0.5) is 5.82 Å². The first kappa shape index (κ1) is 19.5. The molecule has 3 N–H and O–H groups in total. The Kier molecular flexibility index (Phi) is 6.90. The molecule has 0 radical (unpaired) electrons. The Morgan fingerprint density at radius 3 is 2.78 bits per heavy atom. The van der Waals surface area contributed by atoms with Crippen molar-refractivity contribution in [2.45, 2.75) is 45.6 Å². The fraction of sp³-hybridized carbons (Fsp3) is 0.650. The summed E-state index contributed by atoms with van der Waals surface area (Å²) in [5, 5.41) is 3.38. The largest absolute Gasteiger partial charge is 0.370 e. The molecular weight excluding hydrogens is 340 g/mol. The summed E-state index contributed by atoms with van der Waals surface area (Å²) in [6.45, 7) is 7.52. The summed E-state index contributed by atoms with van der Waals surface area (Å²) in [5.74, 6) is 2.09. The maximum Gasteiger partial charge on any atom is 0.217 e. The monoisotopic (exact) mass is 372 g/mol. The molecule has 1 atom stereocenters. The molecule has 1 unspecified atom stereocenters. The van der Waals surface area contributed by atoms with Gasteiger partial charge in [-0.3, -0.25) is 4.79 Å². The van der Waals surface area contributed by atoms with Crippen molar-refractivity contribution in [2.24, 2.45) is 16.6 Å². The van der Waals surface area contributed by atoms with Gasteiger partial charge >= 0.3 is 0 Å². The smallest absolute Gasteiger partial charge is 0.217 e. The number of rotatable bonds is 6. The average molecular weight is 373 g/mol. The van der Waals surface area contributed by atoms with Crippen molar-refractivity contribution in [3.05, 3.63) is 23.9 Å². The molecule has 1 aromatic heterocycles. The quantitative estimate of drug-likeness (QED) is 0.587. The highest BCUT2D eigenvalue weighted by atomic mass is 16.1. The number of hydrogen-bond acceptors (Lipinski definition) is 4. The summed E-state index contributed by atoms with van der Waals surface area (Å²) < 4.78 is 0. The van der Waals surface area contributed by atoms with E-state index in [1.807, 2.05) is 6.20 Å². The molecule has 3 heterocycles. The van der Waals surface area contributed by atoms with Crippen LogP contribution in [-0.2, 0) is 11.3 Å². The molecule has 2 aliphatic rings. The Balaban J connectivity index is 1.61. The van der Waals surface area contributed by atoms with Crippen molar-refractivity contribution in [3.8, 4) is 0 Å². The highest BCUT2D eigenvalue weighted by Gasteiger charge is 2.23. The van der Waals surface area contributed by atoms with Crippen LogP contribution in [-0.4, -0.2) is 54.5 Å². The van der Waals surface area contributed by atoms with E-state index in [0.717, 1.165) is 62.9 Å². The van der Waals surface area contributed by atoms with Gasteiger partial charge in [0.15, 0.2) is 5.96 Å². The van der Waals surface area contributed by atoms with E-state index in [-0.39, 0.29) is 5.91 Å². The fourth-order valence-electron chi connectivity index (χ4n) is 3.94. The van der Waals surface area contributed by atoms with Crippen molar-refractivity contribution >= 4 is 17.7 Å². The van der Waals surface area contributed by atoms with E-state index in [1.54, 1.807) is 0 Å². The molecule has 148 valence electrons. The van der Waals surface area contributed by atoms with Gasteiger partial charge in [0.05, 0.1) is 6.54 Å². The molecule has 2 aliphatic heterocycles. The summed E-state index contributed by atoms with van der Waals surface area (Å²) >= 11 is 0. The molecule has 0 aliphatic carbocycles. The number of aliphatic imine (C=N–C) groups is 1. The Bertz CT molecular complexity index is 638. The third-order valence-corrected chi connectivity index (χ3v) is 5.29. The zero-order valence-corrected chi connectivity index (χ0v) is 16.4. The lowest BCUT2D eigenvalue weighted by Crippen LogP contribution is -2.47. The third kappa shape index (κ3) is 5.58. The van der Waals surface area contributed by atoms with Gasteiger partial charge in [-0.05, 0) is 50.2 Å². The molecule has 2 saturated heterocycles. The molecule has 7 heteroatoms. The summed E-state index contributed by atoms with van der Waals surface area (Å²) in [7, 11) is 0. The number of guanidine groups is 1. The second-order valence-corrected chi connectivity index (χ2v) is 7.51. The minimum absolute atomic E-state index is 0.215. The minimum atomic E-state index is -0.215. The zero-order valence-electron chi connectivity index (χ0n) is 16.4. The number of pyridine rings is 1. The van der Waals surface area contributed by atoms with Gasteiger partial charge in [0.1, 0.15) is 5.82 Å². The summed E-state index contributed by atoms with van der Waals surface area (Å²) in [6, 6.07) is 4.23. The lowest BCUT2D eigenvalue weighted by atomic mass is 9.95. The predicted octanol–water partition coefficient (Wildman–Crippen LogP) is 1.73. The number of amides is 1. The van der Waals surface area contributed by atoms with E-state index < -0.39 is 0 Å². The lowest BCUT2D eigenvalue weighted by molar-refractivity contribution is -0.119. The maximum atomic E-state index is 11.3. The van der Waals surface area contributed by atoms with Gasteiger partial charge in [-0.1, -0.05) is 6.07 Å². The van der Waals surface area contributed by atoms with Crippen LogP contribution in [0.2, 0.25) is 0 Å². The molecule has 1 amide bonds. The zero-order chi connectivity index (χ0) is 19.1. The van der Waals surface area contributed by atoms with Crippen LogP contribution in [0.25, 0.3) is 0 Å².